The average molecular weight is 375 g/mol. The molecule has 0 spiro atoms. The van der Waals surface area contributed by atoms with Gasteiger partial charge in [0.25, 0.3) is 10.1 Å². The first-order valence-electron chi connectivity index (χ1n) is 8.53. The van der Waals surface area contributed by atoms with Gasteiger partial charge in [-0.15, -0.1) is 0 Å². The van der Waals surface area contributed by atoms with Crippen LogP contribution in [0.5, 0.6) is 0 Å². The van der Waals surface area contributed by atoms with Crippen molar-refractivity contribution in [2.75, 3.05) is 11.9 Å². The normalized spacial score (nSPS) is 11.3. The highest BCUT2D eigenvalue weighted by Gasteiger charge is 2.09. The maximum Gasteiger partial charge on any atom is 0.294 e. The standard InChI is InChI=1S/C12H19N.C7H6N2O3S/c1-4-11-5-7-12(8-6-11)13-9-10(2)3;10-13(11,12)6-2-1-5-4-8-9-7(5)3-6/h5-8,10,13H,4,9H2,1-3H3;1-4H,(H,8,9)(H,10,11,12). The summed E-state index contributed by atoms with van der Waals surface area (Å²) in [6, 6.07) is 12.9. The molecule has 1 aromatic heterocycles. The van der Waals surface area contributed by atoms with Crippen LogP contribution in [0.25, 0.3) is 10.9 Å². The lowest BCUT2D eigenvalue weighted by Gasteiger charge is -2.08. The van der Waals surface area contributed by atoms with E-state index >= 15 is 0 Å². The summed E-state index contributed by atoms with van der Waals surface area (Å²) in [7, 11) is -4.12. The highest BCUT2D eigenvalue weighted by Crippen LogP contribution is 2.16. The number of aromatic amines is 1. The second kappa shape index (κ2) is 8.82. The molecule has 6 nitrogen and oxygen atoms in total. The van der Waals surface area contributed by atoms with E-state index in [1.807, 2.05) is 0 Å². The van der Waals surface area contributed by atoms with Gasteiger partial charge in [-0.1, -0.05) is 32.9 Å². The molecular formula is C19H25N3O3S. The molecule has 3 N–H and O–H groups in total. The highest BCUT2D eigenvalue weighted by molar-refractivity contribution is 7.85. The van der Waals surface area contributed by atoms with Crippen molar-refractivity contribution in [3.63, 3.8) is 0 Å². The minimum Gasteiger partial charge on any atom is -0.385 e. The second-order valence-corrected chi connectivity index (χ2v) is 7.84. The van der Waals surface area contributed by atoms with E-state index < -0.39 is 10.1 Å². The quantitative estimate of drug-likeness (QED) is 0.583. The largest absolute Gasteiger partial charge is 0.385 e. The van der Waals surface area contributed by atoms with Crippen molar-refractivity contribution < 1.29 is 13.0 Å². The summed E-state index contributed by atoms with van der Waals surface area (Å²) in [5.41, 5.74) is 3.20. The molecule has 0 aliphatic heterocycles. The first-order chi connectivity index (χ1) is 12.3. The van der Waals surface area contributed by atoms with Crippen LogP contribution in [0.3, 0.4) is 0 Å². The van der Waals surface area contributed by atoms with E-state index in [4.69, 9.17) is 4.55 Å². The van der Waals surface area contributed by atoms with Gasteiger partial charge in [-0.2, -0.15) is 13.5 Å². The lowest BCUT2D eigenvalue weighted by atomic mass is 10.1. The highest BCUT2D eigenvalue weighted by atomic mass is 32.2. The molecule has 2 aromatic carbocycles. The van der Waals surface area contributed by atoms with E-state index in [0.29, 0.717) is 11.4 Å². The third-order valence-electron chi connectivity index (χ3n) is 3.79. The lowest BCUT2D eigenvalue weighted by Crippen LogP contribution is -2.07. The molecule has 0 aliphatic carbocycles. The zero-order chi connectivity index (χ0) is 19.2. The number of nitrogens with one attached hydrogen (secondary N) is 2. The molecule has 0 aliphatic rings. The number of anilines is 1. The fourth-order valence-electron chi connectivity index (χ4n) is 2.26. The van der Waals surface area contributed by atoms with Crippen molar-refractivity contribution in [2.24, 2.45) is 5.92 Å². The smallest absolute Gasteiger partial charge is 0.294 e. The van der Waals surface area contributed by atoms with E-state index in [0.717, 1.165) is 18.4 Å². The lowest BCUT2D eigenvalue weighted by molar-refractivity contribution is 0.483. The third-order valence-corrected chi connectivity index (χ3v) is 4.64. The number of benzene rings is 2. The van der Waals surface area contributed by atoms with Crippen LogP contribution < -0.4 is 5.32 Å². The van der Waals surface area contributed by atoms with Crippen LogP contribution in [-0.4, -0.2) is 29.7 Å². The van der Waals surface area contributed by atoms with Crippen molar-refractivity contribution in [1.82, 2.24) is 10.2 Å². The molecular weight excluding hydrogens is 350 g/mol. The van der Waals surface area contributed by atoms with Gasteiger partial charge in [-0.25, -0.2) is 0 Å². The van der Waals surface area contributed by atoms with Gasteiger partial charge in [-0.3, -0.25) is 9.65 Å². The fraction of sp³-hybridized carbons (Fsp3) is 0.316. The molecule has 0 atom stereocenters. The topological polar surface area (TPSA) is 95.1 Å². The number of fused-ring (bicyclic) bond motifs is 1. The Labute approximate surface area is 154 Å². The molecule has 3 aromatic rings. The summed E-state index contributed by atoms with van der Waals surface area (Å²) in [5.74, 6) is 0.700. The van der Waals surface area contributed by atoms with Gasteiger partial charge < -0.3 is 5.32 Å². The fourth-order valence-corrected chi connectivity index (χ4v) is 2.76. The Morgan fingerprint density at radius 2 is 1.85 bits per heavy atom. The van der Waals surface area contributed by atoms with Crippen LogP contribution in [0.15, 0.2) is 53.6 Å². The number of rotatable bonds is 5. The van der Waals surface area contributed by atoms with Crippen molar-refractivity contribution in [1.29, 1.82) is 0 Å². The molecule has 0 radical (unpaired) electrons. The molecule has 0 amide bonds. The van der Waals surface area contributed by atoms with Crippen LogP contribution >= 0.6 is 0 Å². The van der Waals surface area contributed by atoms with E-state index in [1.165, 1.54) is 23.4 Å². The number of aromatic nitrogens is 2. The average Bonchev–Trinajstić information content (AvgIpc) is 3.08. The maximum absolute atomic E-state index is 10.7. The summed E-state index contributed by atoms with van der Waals surface area (Å²) in [5, 5.41) is 10.5. The Morgan fingerprint density at radius 1 is 1.15 bits per heavy atom. The number of nitrogens with zero attached hydrogens (tertiary/aromatic N) is 1. The van der Waals surface area contributed by atoms with Gasteiger partial charge in [0.1, 0.15) is 0 Å². The second-order valence-electron chi connectivity index (χ2n) is 6.42. The minimum atomic E-state index is -4.12. The summed E-state index contributed by atoms with van der Waals surface area (Å²) >= 11 is 0. The Balaban J connectivity index is 0.000000187. The minimum absolute atomic E-state index is 0.135. The van der Waals surface area contributed by atoms with E-state index in [9.17, 15) is 8.42 Å². The summed E-state index contributed by atoms with van der Waals surface area (Å²) in [6.07, 6.45) is 2.69. The number of aryl methyl sites for hydroxylation is 1. The zero-order valence-electron chi connectivity index (χ0n) is 15.2. The molecule has 1 heterocycles. The number of hydrogen-bond donors (Lipinski definition) is 3. The van der Waals surface area contributed by atoms with Crippen LogP contribution in [0.1, 0.15) is 26.3 Å². The van der Waals surface area contributed by atoms with Crippen molar-refractivity contribution in [3.05, 3.63) is 54.2 Å². The van der Waals surface area contributed by atoms with Gasteiger partial charge in [0.2, 0.25) is 0 Å². The van der Waals surface area contributed by atoms with Gasteiger partial charge in [0, 0.05) is 17.6 Å². The Morgan fingerprint density at radius 3 is 2.42 bits per heavy atom. The van der Waals surface area contributed by atoms with Crippen molar-refractivity contribution in [2.45, 2.75) is 32.1 Å². The van der Waals surface area contributed by atoms with E-state index in [2.05, 4.69) is 60.6 Å². The van der Waals surface area contributed by atoms with Crippen molar-refractivity contribution >= 4 is 26.7 Å². The van der Waals surface area contributed by atoms with Crippen LogP contribution in [0, 0.1) is 5.92 Å². The Bertz CT molecular complexity index is 932. The predicted octanol–water partition coefficient (Wildman–Crippen LogP) is 4.13. The number of hydrogen-bond acceptors (Lipinski definition) is 4. The molecule has 3 rings (SSSR count). The van der Waals surface area contributed by atoms with Gasteiger partial charge in [0.05, 0.1) is 16.6 Å². The molecule has 26 heavy (non-hydrogen) atoms. The third kappa shape index (κ3) is 5.86. The molecule has 0 bridgehead atoms. The molecule has 140 valence electrons. The molecule has 0 saturated heterocycles. The van der Waals surface area contributed by atoms with Gasteiger partial charge in [-0.05, 0) is 48.2 Å². The molecule has 7 heteroatoms. The van der Waals surface area contributed by atoms with Crippen LogP contribution in [0.2, 0.25) is 0 Å². The SMILES string of the molecule is CCc1ccc(NCC(C)C)cc1.O=S(=O)(O)c1ccc2cn[nH]c2c1. The first kappa shape index (κ1) is 19.9. The van der Waals surface area contributed by atoms with E-state index in [-0.39, 0.29) is 4.90 Å². The summed E-state index contributed by atoms with van der Waals surface area (Å²) in [4.78, 5) is -0.135. The Kier molecular flexibility index (Phi) is 6.76. The predicted molar refractivity (Wildman–Crippen MR) is 105 cm³/mol. The maximum atomic E-state index is 10.7. The molecule has 0 fully saturated rings. The summed E-state index contributed by atoms with van der Waals surface area (Å²) in [6.45, 7) is 7.66. The van der Waals surface area contributed by atoms with E-state index in [1.54, 1.807) is 12.3 Å². The van der Waals surface area contributed by atoms with Crippen LogP contribution in [-0.2, 0) is 16.5 Å². The first-order valence-corrected chi connectivity index (χ1v) is 9.97. The van der Waals surface area contributed by atoms with Gasteiger partial charge in [0.15, 0.2) is 0 Å². The molecule has 0 unspecified atom stereocenters. The molecule has 0 saturated carbocycles. The summed E-state index contributed by atoms with van der Waals surface area (Å²) < 4.78 is 30.2. The van der Waals surface area contributed by atoms with Crippen molar-refractivity contribution in [3.8, 4) is 0 Å². The number of H-pyrrole nitrogens is 1. The zero-order valence-corrected chi connectivity index (χ0v) is 16.0. The Hall–Kier alpha value is -2.38. The van der Waals surface area contributed by atoms with Gasteiger partial charge >= 0.3 is 0 Å². The van der Waals surface area contributed by atoms with Crippen LogP contribution in [0.4, 0.5) is 5.69 Å². The monoisotopic (exact) mass is 375 g/mol.